The van der Waals surface area contributed by atoms with E-state index in [1.807, 2.05) is 54.7 Å². The van der Waals surface area contributed by atoms with Gasteiger partial charge in [0.1, 0.15) is 5.75 Å². The van der Waals surface area contributed by atoms with Crippen molar-refractivity contribution in [3.8, 4) is 11.4 Å². The predicted octanol–water partition coefficient (Wildman–Crippen LogP) is 2.55. The van der Waals surface area contributed by atoms with Crippen LogP contribution in [0.5, 0.6) is 5.75 Å². The number of rotatable bonds is 6. The fourth-order valence-corrected chi connectivity index (χ4v) is 3.48. The molecule has 1 aliphatic rings. The normalized spacial score (nSPS) is 16.1. The van der Waals surface area contributed by atoms with Crippen LogP contribution in [0.25, 0.3) is 5.69 Å². The number of nitrogens with zero attached hydrogens (tertiary/aromatic N) is 3. The molecule has 2 aromatic carbocycles. The average Bonchev–Trinajstić information content (AvgIpc) is 3.39. The van der Waals surface area contributed by atoms with Crippen molar-refractivity contribution in [1.82, 2.24) is 15.1 Å². The molecule has 1 aliphatic heterocycles. The molecule has 0 saturated carbocycles. The van der Waals surface area contributed by atoms with Crippen LogP contribution in [0, 0.1) is 5.92 Å². The van der Waals surface area contributed by atoms with Crippen LogP contribution < -0.4 is 15.0 Å². The molecule has 1 aromatic heterocycles. The van der Waals surface area contributed by atoms with E-state index in [4.69, 9.17) is 4.74 Å². The Balaban J connectivity index is 1.37. The first-order valence-corrected chi connectivity index (χ1v) is 9.46. The van der Waals surface area contributed by atoms with Crippen LogP contribution in [0.4, 0.5) is 5.69 Å². The first-order valence-electron chi connectivity index (χ1n) is 9.46. The zero-order valence-corrected chi connectivity index (χ0v) is 16.1. The van der Waals surface area contributed by atoms with Gasteiger partial charge in [0, 0.05) is 31.3 Å². The van der Waals surface area contributed by atoms with Crippen LogP contribution in [0.1, 0.15) is 12.0 Å². The van der Waals surface area contributed by atoms with E-state index in [1.54, 1.807) is 29.0 Å². The van der Waals surface area contributed by atoms with E-state index >= 15 is 0 Å². The van der Waals surface area contributed by atoms with Crippen LogP contribution in [0.2, 0.25) is 0 Å². The van der Waals surface area contributed by atoms with Gasteiger partial charge in [-0.25, -0.2) is 4.68 Å². The van der Waals surface area contributed by atoms with Gasteiger partial charge in [-0.05, 0) is 24.3 Å². The van der Waals surface area contributed by atoms with Gasteiger partial charge < -0.3 is 15.0 Å². The number of aromatic nitrogens is 2. The monoisotopic (exact) mass is 390 g/mol. The molecule has 3 aromatic rings. The maximum absolute atomic E-state index is 12.6. The van der Waals surface area contributed by atoms with Crippen LogP contribution in [0.3, 0.4) is 0 Å². The maximum Gasteiger partial charge on any atom is 0.227 e. The van der Waals surface area contributed by atoms with E-state index in [0.29, 0.717) is 24.5 Å². The molecule has 148 valence electrons. The summed E-state index contributed by atoms with van der Waals surface area (Å²) in [6, 6.07) is 17.1. The number of nitrogens with one attached hydrogen (secondary N) is 1. The van der Waals surface area contributed by atoms with Gasteiger partial charge in [-0.15, -0.1) is 0 Å². The second-order valence-corrected chi connectivity index (χ2v) is 6.92. The highest BCUT2D eigenvalue weighted by molar-refractivity contribution is 6.01. The molecule has 7 nitrogen and oxygen atoms in total. The minimum atomic E-state index is -0.392. The largest absolute Gasteiger partial charge is 0.495 e. The molecule has 29 heavy (non-hydrogen) atoms. The Labute approximate surface area is 168 Å². The molecule has 1 N–H and O–H groups in total. The van der Waals surface area contributed by atoms with Crippen molar-refractivity contribution in [1.29, 1.82) is 0 Å². The molecule has 0 aliphatic carbocycles. The Kier molecular flexibility index (Phi) is 5.29. The molecular weight excluding hydrogens is 368 g/mol. The van der Waals surface area contributed by atoms with E-state index in [9.17, 15) is 9.59 Å². The minimum absolute atomic E-state index is 0.0773. The number of amides is 2. The Bertz CT molecular complexity index is 1020. The lowest BCUT2D eigenvalue weighted by molar-refractivity contribution is -0.126. The van der Waals surface area contributed by atoms with E-state index in [0.717, 1.165) is 11.3 Å². The van der Waals surface area contributed by atoms with E-state index < -0.39 is 5.92 Å². The smallest absolute Gasteiger partial charge is 0.227 e. The zero-order valence-electron chi connectivity index (χ0n) is 16.1. The van der Waals surface area contributed by atoms with Crippen molar-refractivity contribution >= 4 is 17.5 Å². The molecule has 2 heterocycles. The topological polar surface area (TPSA) is 76.5 Å². The number of anilines is 1. The van der Waals surface area contributed by atoms with Crippen molar-refractivity contribution in [3.63, 3.8) is 0 Å². The van der Waals surface area contributed by atoms with Gasteiger partial charge in [-0.2, -0.15) is 5.10 Å². The molecule has 1 atom stereocenters. The zero-order chi connectivity index (χ0) is 20.2. The fraction of sp³-hybridized carbons (Fsp3) is 0.227. The molecule has 0 unspecified atom stereocenters. The van der Waals surface area contributed by atoms with Crippen LogP contribution in [-0.2, 0) is 16.1 Å². The average molecular weight is 390 g/mol. The second kappa shape index (κ2) is 8.18. The summed E-state index contributed by atoms with van der Waals surface area (Å²) in [6.45, 7) is 0.708. The molecule has 0 radical (unpaired) electrons. The number of carbonyl (C=O) groups is 2. The van der Waals surface area contributed by atoms with Gasteiger partial charge in [-0.1, -0.05) is 30.3 Å². The van der Waals surface area contributed by atoms with E-state index in [2.05, 4.69) is 10.4 Å². The van der Waals surface area contributed by atoms with Crippen LogP contribution in [0.15, 0.2) is 67.0 Å². The van der Waals surface area contributed by atoms with Gasteiger partial charge in [0.05, 0.1) is 30.6 Å². The molecule has 0 spiro atoms. The highest BCUT2D eigenvalue weighted by Gasteiger charge is 2.36. The second-order valence-electron chi connectivity index (χ2n) is 6.92. The summed E-state index contributed by atoms with van der Waals surface area (Å²) in [4.78, 5) is 26.7. The summed E-state index contributed by atoms with van der Waals surface area (Å²) >= 11 is 0. The fourth-order valence-electron chi connectivity index (χ4n) is 3.48. The highest BCUT2D eigenvalue weighted by Crippen LogP contribution is 2.32. The van der Waals surface area contributed by atoms with Crippen molar-refractivity contribution in [2.75, 3.05) is 18.6 Å². The third-order valence-corrected chi connectivity index (χ3v) is 5.00. The van der Waals surface area contributed by atoms with E-state index in [-0.39, 0.29) is 18.2 Å². The number of carbonyl (C=O) groups excluding carboxylic acids is 2. The van der Waals surface area contributed by atoms with Gasteiger partial charge in [-0.3, -0.25) is 9.59 Å². The predicted molar refractivity (Wildman–Crippen MR) is 109 cm³/mol. The van der Waals surface area contributed by atoms with Gasteiger partial charge in [0.25, 0.3) is 0 Å². The molecule has 1 fully saturated rings. The lowest BCUT2D eigenvalue weighted by Gasteiger charge is -2.19. The number of para-hydroxylation sites is 3. The van der Waals surface area contributed by atoms with Gasteiger partial charge in [0.15, 0.2) is 0 Å². The first kappa shape index (κ1) is 18.7. The Morgan fingerprint density at radius 3 is 2.72 bits per heavy atom. The van der Waals surface area contributed by atoms with Gasteiger partial charge in [0.2, 0.25) is 11.8 Å². The van der Waals surface area contributed by atoms with Crippen molar-refractivity contribution in [3.05, 3.63) is 72.6 Å². The molecule has 4 rings (SSSR count). The third-order valence-electron chi connectivity index (χ3n) is 5.00. The molecule has 1 saturated heterocycles. The third kappa shape index (κ3) is 3.99. The maximum atomic E-state index is 12.6. The van der Waals surface area contributed by atoms with Crippen molar-refractivity contribution in [2.24, 2.45) is 5.92 Å². The van der Waals surface area contributed by atoms with E-state index in [1.165, 1.54) is 0 Å². The van der Waals surface area contributed by atoms with Crippen molar-refractivity contribution in [2.45, 2.75) is 13.0 Å². The SMILES string of the molecule is COc1ccccc1N1C[C@@H](C(=O)NCc2cnn(-c3ccccc3)c2)CC1=O. The molecule has 7 heteroatoms. The van der Waals surface area contributed by atoms with Crippen LogP contribution in [-0.4, -0.2) is 35.2 Å². The Hall–Kier alpha value is -3.61. The Morgan fingerprint density at radius 2 is 1.93 bits per heavy atom. The number of hydrogen-bond acceptors (Lipinski definition) is 4. The molecule has 2 amide bonds. The standard InChI is InChI=1S/C22H22N4O3/c1-29-20-10-6-5-9-19(20)25-15-17(11-21(25)27)22(28)23-12-16-13-24-26(14-16)18-7-3-2-4-8-18/h2-10,13-14,17H,11-12,15H2,1H3,(H,23,28)/t17-/m0/s1. The summed E-state index contributed by atoms with van der Waals surface area (Å²) < 4.78 is 7.11. The molecular formula is C22H22N4O3. The quantitative estimate of drug-likeness (QED) is 0.702. The molecule has 0 bridgehead atoms. The van der Waals surface area contributed by atoms with Crippen LogP contribution >= 0.6 is 0 Å². The Morgan fingerprint density at radius 1 is 1.17 bits per heavy atom. The summed E-state index contributed by atoms with van der Waals surface area (Å²) in [7, 11) is 1.57. The van der Waals surface area contributed by atoms with Crippen molar-refractivity contribution < 1.29 is 14.3 Å². The summed E-state index contributed by atoms with van der Waals surface area (Å²) in [5.74, 6) is 0.0153. The number of benzene rings is 2. The number of methoxy groups -OCH3 is 1. The highest BCUT2D eigenvalue weighted by atomic mass is 16.5. The first-order chi connectivity index (χ1) is 14.2. The number of hydrogen-bond donors (Lipinski definition) is 1. The lowest BCUT2D eigenvalue weighted by atomic mass is 10.1. The minimum Gasteiger partial charge on any atom is -0.495 e. The summed E-state index contributed by atoms with van der Waals surface area (Å²) in [6.07, 6.45) is 3.80. The van der Waals surface area contributed by atoms with Gasteiger partial charge >= 0.3 is 0 Å². The lowest BCUT2D eigenvalue weighted by Crippen LogP contribution is -2.32. The summed E-state index contributed by atoms with van der Waals surface area (Å²) in [5, 5.41) is 7.26. The summed E-state index contributed by atoms with van der Waals surface area (Å²) in [5.41, 5.74) is 2.55. The number of ether oxygens (including phenoxy) is 1.